The predicted molar refractivity (Wildman–Crippen MR) is 124 cm³/mol. The van der Waals surface area contributed by atoms with Crippen molar-refractivity contribution in [2.75, 3.05) is 13.7 Å². The summed E-state index contributed by atoms with van der Waals surface area (Å²) in [5.74, 6) is -0.690. The van der Waals surface area contributed by atoms with E-state index >= 15 is 0 Å². The highest BCUT2D eigenvalue weighted by Crippen LogP contribution is 2.33. The molecule has 1 saturated carbocycles. The molecule has 2 aromatic rings. The van der Waals surface area contributed by atoms with Gasteiger partial charge in [-0.15, -0.1) is 0 Å². The Morgan fingerprint density at radius 3 is 2.65 bits per heavy atom. The van der Waals surface area contributed by atoms with Gasteiger partial charge in [-0.1, -0.05) is 37.5 Å². The number of imidazole rings is 1. The average Bonchev–Trinajstić information content (AvgIpc) is 3.26. The number of hydrogen-bond acceptors (Lipinski definition) is 6. The lowest BCUT2D eigenvalue weighted by molar-refractivity contribution is -0.134. The van der Waals surface area contributed by atoms with E-state index in [1.54, 1.807) is 11.5 Å². The van der Waals surface area contributed by atoms with Crippen molar-refractivity contribution in [1.29, 1.82) is 0 Å². The number of aromatic nitrogens is 2. The maximum Gasteiger partial charge on any atom is 0.359 e. The van der Waals surface area contributed by atoms with Crippen molar-refractivity contribution in [3.63, 3.8) is 0 Å². The highest BCUT2D eigenvalue weighted by molar-refractivity contribution is 6.06. The molecule has 1 aliphatic carbocycles. The third-order valence-corrected chi connectivity index (χ3v) is 6.77. The lowest BCUT2D eigenvalue weighted by Crippen LogP contribution is -2.64. The van der Waals surface area contributed by atoms with Gasteiger partial charge in [0.2, 0.25) is 5.91 Å². The monoisotopic (exact) mass is 468 g/mol. The molecule has 9 heteroatoms. The minimum atomic E-state index is -1.19. The molecule has 2 heterocycles. The molecule has 1 N–H and O–H groups in total. The van der Waals surface area contributed by atoms with Crippen LogP contribution >= 0.6 is 0 Å². The number of methoxy groups -OCH3 is 1. The fraction of sp³-hybridized carbons (Fsp3) is 0.520. The Bertz CT molecular complexity index is 1080. The number of nitrogens with zero attached hydrogens (tertiary/aromatic N) is 3. The van der Waals surface area contributed by atoms with E-state index in [-0.39, 0.29) is 36.4 Å². The molecule has 1 atom stereocenters. The Morgan fingerprint density at radius 1 is 1.21 bits per heavy atom. The van der Waals surface area contributed by atoms with Crippen LogP contribution in [0.1, 0.15) is 72.5 Å². The molecular weight excluding hydrogens is 436 g/mol. The van der Waals surface area contributed by atoms with Crippen LogP contribution in [0.2, 0.25) is 0 Å². The number of carbonyl (C=O) groups is 3. The molecule has 34 heavy (non-hydrogen) atoms. The van der Waals surface area contributed by atoms with Crippen LogP contribution in [0.25, 0.3) is 0 Å². The molecule has 0 radical (unpaired) electrons. The van der Waals surface area contributed by atoms with Crippen LogP contribution in [0, 0.1) is 0 Å². The highest BCUT2D eigenvalue weighted by Gasteiger charge is 2.49. The van der Waals surface area contributed by atoms with Crippen LogP contribution < -0.4 is 10.1 Å². The van der Waals surface area contributed by atoms with Gasteiger partial charge in [-0.3, -0.25) is 9.59 Å². The number of rotatable bonds is 7. The molecule has 0 spiro atoms. The van der Waals surface area contributed by atoms with Crippen LogP contribution in [0.5, 0.6) is 5.75 Å². The summed E-state index contributed by atoms with van der Waals surface area (Å²) in [6.07, 6.45) is 6.65. The lowest BCUT2D eigenvalue weighted by atomic mass is 9.90. The van der Waals surface area contributed by atoms with E-state index in [0.717, 1.165) is 31.2 Å². The Hall–Kier alpha value is -3.36. The second-order valence-electron chi connectivity index (χ2n) is 9.08. The molecule has 1 aromatic carbocycles. The van der Waals surface area contributed by atoms with E-state index in [9.17, 15) is 14.4 Å². The molecule has 2 aliphatic rings. The average molecular weight is 469 g/mol. The number of para-hydroxylation sites is 1. The van der Waals surface area contributed by atoms with Gasteiger partial charge >= 0.3 is 5.97 Å². The Kier molecular flexibility index (Phi) is 6.90. The van der Waals surface area contributed by atoms with E-state index in [2.05, 4.69) is 10.3 Å². The zero-order valence-electron chi connectivity index (χ0n) is 20.0. The summed E-state index contributed by atoms with van der Waals surface area (Å²) in [7, 11) is 1.25. The zero-order valence-corrected chi connectivity index (χ0v) is 20.0. The molecule has 9 nitrogen and oxygen atoms in total. The summed E-state index contributed by atoms with van der Waals surface area (Å²) in [5.41, 5.74) is -0.328. The van der Waals surface area contributed by atoms with Gasteiger partial charge in [0, 0.05) is 11.6 Å². The number of nitrogens with one attached hydrogen (secondary N) is 1. The van der Waals surface area contributed by atoms with E-state index in [0.29, 0.717) is 12.4 Å². The van der Waals surface area contributed by atoms with Crippen molar-refractivity contribution in [2.45, 2.75) is 70.6 Å². The van der Waals surface area contributed by atoms with E-state index in [4.69, 9.17) is 9.47 Å². The number of esters is 1. The second-order valence-corrected chi connectivity index (χ2v) is 9.08. The van der Waals surface area contributed by atoms with E-state index in [1.165, 1.54) is 24.8 Å². The Morgan fingerprint density at radius 2 is 1.94 bits per heavy atom. The first kappa shape index (κ1) is 23.8. The van der Waals surface area contributed by atoms with Gasteiger partial charge in [0.15, 0.2) is 5.69 Å². The number of hydrogen-bond donors (Lipinski definition) is 1. The highest BCUT2D eigenvalue weighted by atomic mass is 16.5. The first-order valence-corrected chi connectivity index (χ1v) is 11.9. The third kappa shape index (κ3) is 4.38. The largest absolute Gasteiger partial charge is 0.494 e. The van der Waals surface area contributed by atoms with Crippen molar-refractivity contribution in [3.8, 4) is 5.75 Å². The van der Waals surface area contributed by atoms with Crippen molar-refractivity contribution >= 4 is 17.8 Å². The van der Waals surface area contributed by atoms with Gasteiger partial charge in [-0.2, -0.15) is 0 Å². The first-order chi connectivity index (χ1) is 16.4. The Labute approximate surface area is 199 Å². The molecule has 182 valence electrons. The molecule has 0 bridgehead atoms. The zero-order chi connectivity index (χ0) is 24.3. The maximum atomic E-state index is 13.8. The minimum Gasteiger partial charge on any atom is -0.494 e. The molecule has 0 unspecified atom stereocenters. The first-order valence-electron chi connectivity index (χ1n) is 11.9. The number of amides is 2. The molecule has 4 rings (SSSR count). The number of carbonyl (C=O) groups excluding carboxylic acids is 3. The van der Waals surface area contributed by atoms with Crippen LogP contribution in [0.15, 0.2) is 30.6 Å². The lowest BCUT2D eigenvalue weighted by Gasteiger charge is -2.44. The van der Waals surface area contributed by atoms with E-state index in [1.807, 2.05) is 31.2 Å². The summed E-state index contributed by atoms with van der Waals surface area (Å²) < 4.78 is 12.2. The minimum absolute atomic E-state index is 0.0506. The van der Waals surface area contributed by atoms with Crippen molar-refractivity contribution in [2.24, 2.45) is 0 Å². The maximum absolute atomic E-state index is 13.8. The topological polar surface area (TPSA) is 103 Å². The summed E-state index contributed by atoms with van der Waals surface area (Å²) in [6, 6.07) is 7.56. The molecule has 1 aliphatic heterocycles. The number of fused-ring (bicyclic) bond motifs is 1. The quantitative estimate of drug-likeness (QED) is 0.627. The molecular formula is C25H32N4O5. The van der Waals surface area contributed by atoms with Gasteiger partial charge in [0.05, 0.1) is 33.1 Å². The molecule has 2 amide bonds. The van der Waals surface area contributed by atoms with Crippen molar-refractivity contribution in [3.05, 3.63) is 47.5 Å². The Balaban J connectivity index is 1.73. The van der Waals surface area contributed by atoms with Crippen LogP contribution in [0.3, 0.4) is 0 Å². The third-order valence-electron chi connectivity index (χ3n) is 6.77. The predicted octanol–water partition coefficient (Wildman–Crippen LogP) is 2.93. The van der Waals surface area contributed by atoms with Crippen molar-refractivity contribution < 1.29 is 23.9 Å². The van der Waals surface area contributed by atoms with E-state index < -0.39 is 17.4 Å². The molecule has 1 fully saturated rings. The van der Waals surface area contributed by atoms with Gasteiger partial charge in [0.25, 0.3) is 5.91 Å². The molecule has 1 aromatic heterocycles. The van der Waals surface area contributed by atoms with Gasteiger partial charge in [-0.05, 0) is 32.8 Å². The number of benzene rings is 1. The number of ether oxygens (including phenoxy) is 2. The van der Waals surface area contributed by atoms with Crippen molar-refractivity contribution in [1.82, 2.24) is 19.8 Å². The molecule has 0 saturated heterocycles. The fourth-order valence-corrected chi connectivity index (χ4v) is 4.87. The fourth-order valence-electron chi connectivity index (χ4n) is 4.87. The standard InChI is InChI=1S/C25H32N4O5/c1-4-34-19-13-9-8-10-17(19)14-29-22(30)21-20(23(31)33-3)26-16-28(21)15-25(29,2)24(32)27-18-11-6-5-7-12-18/h8-10,13,16,18H,4-7,11-12,14-15H2,1-3H3,(H,27,32)/t25-/m1/s1. The summed E-state index contributed by atoms with van der Waals surface area (Å²) >= 11 is 0. The van der Waals surface area contributed by atoms with Crippen LogP contribution in [0.4, 0.5) is 0 Å². The smallest absolute Gasteiger partial charge is 0.359 e. The van der Waals surface area contributed by atoms with Crippen LogP contribution in [-0.2, 0) is 22.6 Å². The summed E-state index contributed by atoms with van der Waals surface area (Å²) in [5, 5.41) is 3.19. The van der Waals surface area contributed by atoms with Gasteiger partial charge in [0.1, 0.15) is 17.0 Å². The summed E-state index contributed by atoms with van der Waals surface area (Å²) in [6.45, 7) is 4.46. The normalized spacial score (nSPS) is 20.6. The van der Waals surface area contributed by atoms with Gasteiger partial charge in [-0.25, -0.2) is 9.78 Å². The summed E-state index contributed by atoms with van der Waals surface area (Å²) in [4.78, 5) is 45.5. The van der Waals surface area contributed by atoms with Crippen LogP contribution in [-0.4, -0.2) is 57.5 Å². The second kappa shape index (κ2) is 9.87. The SMILES string of the molecule is CCOc1ccccc1CN1C(=O)c2c(C(=O)OC)ncn2C[C@]1(C)C(=O)NC1CCCCC1. The van der Waals surface area contributed by atoms with Gasteiger partial charge < -0.3 is 24.3 Å².